The number of hydrogen-bond donors (Lipinski definition) is 0. The molecule has 0 amide bonds. The van der Waals surface area contributed by atoms with Crippen molar-refractivity contribution >= 4 is 6.29 Å². The van der Waals surface area contributed by atoms with Crippen LogP contribution in [0.5, 0.6) is 0 Å². The normalized spacial score (nSPS) is 9.87. The van der Waals surface area contributed by atoms with Crippen LogP contribution in [-0.2, 0) is 6.54 Å². The summed E-state index contributed by atoms with van der Waals surface area (Å²) in [5.41, 5.74) is 1.93. The van der Waals surface area contributed by atoms with Gasteiger partial charge in [-0.05, 0) is 6.07 Å². The van der Waals surface area contributed by atoms with E-state index in [-0.39, 0.29) is 0 Å². The lowest BCUT2D eigenvalue weighted by Crippen LogP contribution is -2.33. The van der Waals surface area contributed by atoms with E-state index in [1.54, 1.807) is 6.07 Å². The lowest BCUT2D eigenvalue weighted by atomic mass is 10.2. The maximum Gasteiger partial charge on any atom is 0.179 e. The minimum absolute atomic E-state index is 0.702. The van der Waals surface area contributed by atoms with E-state index in [9.17, 15) is 4.79 Å². The molecule has 1 heterocycles. The summed E-state index contributed by atoms with van der Waals surface area (Å²) in [5, 5.41) is 0. The molecule has 2 nitrogen and oxygen atoms in total. The Labute approximate surface area is 88.8 Å². The Balaban J connectivity index is 2.21. The van der Waals surface area contributed by atoms with Crippen molar-refractivity contribution in [3.05, 3.63) is 66.0 Å². The fourth-order valence-corrected chi connectivity index (χ4v) is 1.50. The van der Waals surface area contributed by atoms with E-state index in [1.807, 2.05) is 41.2 Å². The smallest absolute Gasteiger partial charge is 0.179 e. The molecule has 0 aliphatic carbocycles. The van der Waals surface area contributed by atoms with Crippen LogP contribution < -0.4 is 4.57 Å². The number of hydrogen-bond acceptors (Lipinski definition) is 1. The van der Waals surface area contributed by atoms with Crippen LogP contribution in [0.15, 0.2) is 54.9 Å². The molecule has 0 spiro atoms. The summed E-state index contributed by atoms with van der Waals surface area (Å²) in [6.07, 6.45) is 4.67. The Kier molecular flexibility index (Phi) is 2.88. The molecule has 0 N–H and O–H groups in total. The fraction of sp³-hybridized carbons (Fsp3) is 0.0769. The van der Waals surface area contributed by atoms with Crippen molar-refractivity contribution < 1.29 is 9.36 Å². The Morgan fingerprint density at radius 3 is 2.60 bits per heavy atom. The minimum Gasteiger partial charge on any atom is -0.298 e. The lowest BCUT2D eigenvalue weighted by molar-refractivity contribution is -0.688. The van der Waals surface area contributed by atoms with Crippen molar-refractivity contribution in [1.29, 1.82) is 0 Å². The molecule has 2 aromatic rings. The van der Waals surface area contributed by atoms with Crippen molar-refractivity contribution in [2.24, 2.45) is 0 Å². The Morgan fingerprint density at radius 1 is 1.07 bits per heavy atom. The molecule has 74 valence electrons. The summed E-state index contributed by atoms with van der Waals surface area (Å²) in [7, 11) is 0. The summed E-state index contributed by atoms with van der Waals surface area (Å²) >= 11 is 0. The zero-order valence-corrected chi connectivity index (χ0v) is 8.34. The topological polar surface area (TPSA) is 20.9 Å². The number of benzene rings is 1. The zero-order valence-electron chi connectivity index (χ0n) is 8.34. The van der Waals surface area contributed by atoms with E-state index in [4.69, 9.17) is 0 Å². The Bertz CT molecular complexity index is 451. The molecule has 0 unspecified atom stereocenters. The monoisotopic (exact) mass is 198 g/mol. The first-order chi connectivity index (χ1) is 7.38. The number of nitrogens with zero attached hydrogens (tertiary/aromatic N) is 1. The van der Waals surface area contributed by atoms with Crippen molar-refractivity contribution in [3.8, 4) is 0 Å². The molecule has 0 fully saturated rings. The predicted octanol–water partition coefficient (Wildman–Crippen LogP) is 1.83. The van der Waals surface area contributed by atoms with Crippen LogP contribution in [0, 0.1) is 0 Å². The number of aromatic nitrogens is 1. The Morgan fingerprint density at radius 2 is 1.87 bits per heavy atom. The number of carbonyl (C=O) groups is 1. The van der Waals surface area contributed by atoms with Crippen LogP contribution in [0.1, 0.15) is 15.9 Å². The highest BCUT2D eigenvalue weighted by atomic mass is 16.1. The van der Waals surface area contributed by atoms with Crippen LogP contribution in [0.3, 0.4) is 0 Å². The maximum absolute atomic E-state index is 10.6. The second-order valence-corrected chi connectivity index (χ2v) is 3.41. The van der Waals surface area contributed by atoms with Gasteiger partial charge in [-0.2, -0.15) is 0 Å². The molecule has 1 aromatic heterocycles. The summed E-state index contributed by atoms with van der Waals surface area (Å²) in [6, 6.07) is 13.8. The molecule has 0 saturated carbocycles. The predicted molar refractivity (Wildman–Crippen MR) is 57.6 cm³/mol. The van der Waals surface area contributed by atoms with Gasteiger partial charge >= 0.3 is 0 Å². The van der Waals surface area contributed by atoms with Gasteiger partial charge in [-0.25, -0.2) is 4.57 Å². The molecule has 2 heteroatoms. The highest BCUT2D eigenvalue weighted by Crippen LogP contribution is 1.97. The molecular formula is C13H12NO+. The van der Waals surface area contributed by atoms with Gasteiger partial charge in [0, 0.05) is 11.6 Å². The first kappa shape index (κ1) is 9.59. The highest BCUT2D eigenvalue weighted by Gasteiger charge is 2.02. The van der Waals surface area contributed by atoms with Gasteiger partial charge < -0.3 is 0 Å². The van der Waals surface area contributed by atoms with E-state index < -0.39 is 0 Å². The molecular weight excluding hydrogens is 186 g/mol. The van der Waals surface area contributed by atoms with Crippen molar-refractivity contribution in [2.45, 2.75) is 6.54 Å². The van der Waals surface area contributed by atoms with Gasteiger partial charge in [-0.3, -0.25) is 4.79 Å². The summed E-state index contributed by atoms with van der Waals surface area (Å²) in [5.74, 6) is 0. The van der Waals surface area contributed by atoms with E-state index in [0.717, 1.165) is 12.8 Å². The molecule has 0 aliphatic rings. The summed E-state index contributed by atoms with van der Waals surface area (Å²) in [6.45, 7) is 0.794. The quantitative estimate of drug-likeness (QED) is 0.544. The number of aldehydes is 1. The first-order valence-electron chi connectivity index (χ1n) is 4.87. The van der Waals surface area contributed by atoms with Gasteiger partial charge in [0.05, 0.1) is 5.56 Å². The Hall–Kier alpha value is -1.96. The first-order valence-corrected chi connectivity index (χ1v) is 4.87. The van der Waals surface area contributed by atoms with Gasteiger partial charge in [0.25, 0.3) is 0 Å². The minimum atomic E-state index is 0.702. The average Bonchev–Trinajstić information content (AvgIpc) is 2.31. The van der Waals surface area contributed by atoms with Crippen LogP contribution >= 0.6 is 0 Å². The van der Waals surface area contributed by atoms with Crippen molar-refractivity contribution in [3.63, 3.8) is 0 Å². The SMILES string of the molecule is O=Cc1ccc[n+](Cc2ccccc2)c1. The van der Waals surface area contributed by atoms with E-state index in [0.29, 0.717) is 5.56 Å². The van der Waals surface area contributed by atoms with E-state index in [2.05, 4.69) is 12.1 Å². The van der Waals surface area contributed by atoms with E-state index in [1.165, 1.54) is 5.56 Å². The summed E-state index contributed by atoms with van der Waals surface area (Å²) in [4.78, 5) is 10.6. The van der Waals surface area contributed by atoms with Gasteiger partial charge in [-0.1, -0.05) is 30.3 Å². The number of rotatable bonds is 3. The molecule has 0 aliphatic heterocycles. The third kappa shape index (κ3) is 2.50. The molecule has 0 saturated heterocycles. The lowest BCUT2D eigenvalue weighted by Gasteiger charge is -1.97. The average molecular weight is 198 g/mol. The third-order valence-electron chi connectivity index (χ3n) is 2.23. The van der Waals surface area contributed by atoms with E-state index >= 15 is 0 Å². The summed E-state index contributed by atoms with van der Waals surface area (Å²) < 4.78 is 2.00. The fourth-order valence-electron chi connectivity index (χ4n) is 1.50. The molecule has 2 rings (SSSR count). The van der Waals surface area contributed by atoms with Gasteiger partial charge in [-0.15, -0.1) is 0 Å². The van der Waals surface area contributed by atoms with Crippen molar-refractivity contribution in [1.82, 2.24) is 0 Å². The van der Waals surface area contributed by atoms with Crippen LogP contribution in [-0.4, -0.2) is 6.29 Å². The van der Waals surface area contributed by atoms with Crippen LogP contribution in [0.4, 0.5) is 0 Å². The zero-order chi connectivity index (χ0) is 10.5. The van der Waals surface area contributed by atoms with Gasteiger partial charge in [0.1, 0.15) is 0 Å². The van der Waals surface area contributed by atoms with Gasteiger partial charge in [0.15, 0.2) is 25.2 Å². The number of carbonyl (C=O) groups excluding carboxylic acids is 1. The molecule has 15 heavy (non-hydrogen) atoms. The molecule has 1 aromatic carbocycles. The second kappa shape index (κ2) is 4.51. The van der Waals surface area contributed by atoms with Gasteiger partial charge in [0.2, 0.25) is 0 Å². The van der Waals surface area contributed by atoms with Crippen LogP contribution in [0.25, 0.3) is 0 Å². The highest BCUT2D eigenvalue weighted by molar-refractivity contribution is 5.73. The van der Waals surface area contributed by atoms with Crippen molar-refractivity contribution in [2.75, 3.05) is 0 Å². The molecule has 0 bridgehead atoms. The largest absolute Gasteiger partial charge is 0.298 e. The van der Waals surface area contributed by atoms with Crippen LogP contribution in [0.2, 0.25) is 0 Å². The number of pyridine rings is 1. The maximum atomic E-state index is 10.6. The molecule has 0 atom stereocenters. The second-order valence-electron chi connectivity index (χ2n) is 3.41. The molecule has 0 radical (unpaired) electrons. The standard InChI is InChI=1S/C13H12NO/c15-11-13-7-4-8-14(10-13)9-12-5-2-1-3-6-12/h1-8,10-11H,9H2/q+1. The third-order valence-corrected chi connectivity index (χ3v) is 2.23.